The highest BCUT2D eigenvalue weighted by molar-refractivity contribution is 5.85. The van der Waals surface area contributed by atoms with Crippen LogP contribution in [-0.2, 0) is 34.5 Å². The van der Waals surface area contributed by atoms with E-state index in [2.05, 4.69) is 9.80 Å². The number of hydrogen-bond donors (Lipinski definition) is 1. The van der Waals surface area contributed by atoms with Gasteiger partial charge in [-0.05, 0) is 56.7 Å². The number of anilines is 2. The molecule has 5 heterocycles. The van der Waals surface area contributed by atoms with Gasteiger partial charge in [-0.3, -0.25) is 4.90 Å². The van der Waals surface area contributed by atoms with Crippen LogP contribution in [0.4, 0.5) is 20.3 Å². The van der Waals surface area contributed by atoms with Gasteiger partial charge in [0.05, 0.1) is 30.1 Å². The van der Waals surface area contributed by atoms with Gasteiger partial charge in [0.15, 0.2) is 5.82 Å². The lowest BCUT2D eigenvalue weighted by Crippen LogP contribution is -2.44. The van der Waals surface area contributed by atoms with Crippen molar-refractivity contribution in [2.75, 3.05) is 56.6 Å². The highest BCUT2D eigenvalue weighted by Crippen LogP contribution is 2.48. The maximum absolute atomic E-state index is 15.5. The zero-order chi connectivity index (χ0) is 26.6. The Kier molecular flexibility index (Phi) is 7.56. The average molecular weight is 578 g/mol. The van der Waals surface area contributed by atoms with E-state index >= 15 is 4.39 Å². The average Bonchev–Trinajstić information content (AvgIpc) is 3.30. The van der Waals surface area contributed by atoms with Crippen molar-refractivity contribution in [2.45, 2.75) is 75.3 Å². The molecule has 3 atom stereocenters. The number of nitrogens with zero attached hydrogens (tertiary/aromatic N) is 4. The van der Waals surface area contributed by atoms with Crippen LogP contribution in [0.1, 0.15) is 60.9 Å². The molecule has 1 spiro atoms. The van der Waals surface area contributed by atoms with E-state index in [4.69, 9.17) is 29.9 Å². The van der Waals surface area contributed by atoms with Crippen LogP contribution in [0.2, 0.25) is 0 Å². The van der Waals surface area contributed by atoms with Gasteiger partial charge in [-0.2, -0.15) is 9.97 Å². The molecule has 0 bridgehead atoms. The lowest BCUT2D eigenvalue weighted by molar-refractivity contribution is -0.0876. The monoisotopic (exact) mass is 577 g/mol. The van der Waals surface area contributed by atoms with Gasteiger partial charge >= 0.3 is 6.01 Å². The molecule has 40 heavy (non-hydrogen) atoms. The summed E-state index contributed by atoms with van der Waals surface area (Å²) < 4.78 is 48.5. The number of ether oxygens (including phenoxy) is 3. The Hall–Kier alpha value is -2.27. The Morgan fingerprint density at radius 3 is 2.90 bits per heavy atom. The Labute approximate surface area is 240 Å². The largest absolute Gasteiger partial charge is 0.461 e. The van der Waals surface area contributed by atoms with Gasteiger partial charge in [-0.1, -0.05) is 6.07 Å². The standard InChI is InChI=1S/C29H37F2N5O3.ClH/c30-20-14-28(7-2-10-36(28)16-20)18-38-27-33-23-15-29(8-1-4-19-5-6-22(32)25(31)24(19)29)39-17-21(23)26(34-27)35-9-3-12-37-13-11-35;/h5-6,20H,1-4,7-18,32H2;1H/t20-,28+,29?;/m1./s1. The summed E-state index contributed by atoms with van der Waals surface area (Å²) in [4.78, 5) is 14.3. The Morgan fingerprint density at radius 2 is 2.00 bits per heavy atom. The quantitative estimate of drug-likeness (QED) is 0.544. The highest BCUT2D eigenvalue weighted by atomic mass is 35.5. The van der Waals surface area contributed by atoms with Gasteiger partial charge < -0.3 is 24.8 Å². The second kappa shape index (κ2) is 10.9. The van der Waals surface area contributed by atoms with Gasteiger partial charge in [0.1, 0.15) is 24.2 Å². The minimum atomic E-state index is -0.822. The number of nitrogens with two attached hydrogens (primary N) is 1. The van der Waals surface area contributed by atoms with Crippen molar-refractivity contribution in [3.63, 3.8) is 0 Å². The first kappa shape index (κ1) is 27.9. The molecular formula is C29H38ClF2N5O3. The minimum Gasteiger partial charge on any atom is -0.461 e. The summed E-state index contributed by atoms with van der Waals surface area (Å²) in [6, 6.07) is 3.88. The summed E-state index contributed by atoms with van der Waals surface area (Å²) in [5.74, 6) is 0.420. The molecule has 8 nitrogen and oxygen atoms in total. The van der Waals surface area contributed by atoms with E-state index in [9.17, 15) is 4.39 Å². The summed E-state index contributed by atoms with van der Waals surface area (Å²) in [7, 11) is 0. The highest BCUT2D eigenvalue weighted by Gasteiger charge is 2.50. The van der Waals surface area contributed by atoms with Crippen molar-refractivity contribution in [3.8, 4) is 6.01 Å². The third kappa shape index (κ3) is 4.70. The Morgan fingerprint density at radius 1 is 1.10 bits per heavy atom. The van der Waals surface area contributed by atoms with Crippen molar-refractivity contribution in [2.24, 2.45) is 0 Å². The lowest BCUT2D eigenvalue weighted by Gasteiger charge is -2.43. The molecule has 1 unspecified atom stereocenters. The van der Waals surface area contributed by atoms with E-state index in [1.807, 2.05) is 6.07 Å². The van der Waals surface area contributed by atoms with Crippen molar-refractivity contribution in [3.05, 3.63) is 40.3 Å². The van der Waals surface area contributed by atoms with Crippen molar-refractivity contribution < 1.29 is 23.0 Å². The van der Waals surface area contributed by atoms with Gasteiger partial charge in [0.2, 0.25) is 0 Å². The first-order valence-electron chi connectivity index (χ1n) is 14.4. The van der Waals surface area contributed by atoms with Crippen molar-refractivity contribution >= 4 is 23.9 Å². The number of rotatable bonds is 4. The van der Waals surface area contributed by atoms with Crippen LogP contribution in [-0.4, -0.2) is 72.6 Å². The van der Waals surface area contributed by atoms with E-state index < -0.39 is 11.8 Å². The molecule has 0 amide bonds. The minimum absolute atomic E-state index is 0. The zero-order valence-corrected chi connectivity index (χ0v) is 23.6. The number of aryl methyl sites for hydroxylation is 1. The van der Waals surface area contributed by atoms with E-state index in [0.29, 0.717) is 63.7 Å². The molecule has 1 aliphatic carbocycles. The number of fused-ring (bicyclic) bond motifs is 4. The first-order valence-corrected chi connectivity index (χ1v) is 14.4. The van der Waals surface area contributed by atoms with Gasteiger partial charge in [0, 0.05) is 50.2 Å². The number of nitrogen functional groups attached to an aromatic ring is 1. The topological polar surface area (TPSA) is 86.0 Å². The Balaban J connectivity index is 0.00000289. The SMILES string of the molecule is Cl.Nc1ccc2c(c1F)C1(CCC2)Cc2nc(OC[C@@]34CCCN3C[C@H](F)C4)nc(N3CCCOCC3)c2CO1. The molecule has 11 heteroatoms. The van der Waals surface area contributed by atoms with Gasteiger partial charge in [-0.15, -0.1) is 12.4 Å². The molecule has 5 aliphatic rings. The van der Waals surface area contributed by atoms with E-state index in [1.54, 1.807) is 6.07 Å². The number of hydrogen-bond acceptors (Lipinski definition) is 8. The molecule has 2 aromatic rings. The maximum Gasteiger partial charge on any atom is 0.318 e. The molecule has 1 aromatic heterocycles. The van der Waals surface area contributed by atoms with Crippen LogP contribution in [0.3, 0.4) is 0 Å². The second-order valence-electron chi connectivity index (χ2n) is 11.9. The van der Waals surface area contributed by atoms with Crippen molar-refractivity contribution in [1.82, 2.24) is 14.9 Å². The zero-order valence-electron chi connectivity index (χ0n) is 22.8. The van der Waals surface area contributed by atoms with E-state index in [1.165, 1.54) is 0 Å². The summed E-state index contributed by atoms with van der Waals surface area (Å²) in [5, 5.41) is 0. The fraction of sp³-hybridized carbons (Fsp3) is 0.655. The summed E-state index contributed by atoms with van der Waals surface area (Å²) in [6.45, 7) is 4.89. The third-order valence-corrected chi connectivity index (χ3v) is 9.49. The van der Waals surface area contributed by atoms with Gasteiger partial charge in [-0.25, -0.2) is 8.78 Å². The molecule has 4 aliphatic heterocycles. The fourth-order valence-corrected chi connectivity index (χ4v) is 7.60. The second-order valence-corrected chi connectivity index (χ2v) is 11.9. The van der Waals surface area contributed by atoms with Gasteiger partial charge in [0.25, 0.3) is 0 Å². The molecule has 3 saturated heterocycles. The molecule has 3 fully saturated rings. The number of halogens is 3. The summed E-state index contributed by atoms with van der Waals surface area (Å²) >= 11 is 0. The molecule has 1 aromatic carbocycles. The molecule has 2 N–H and O–H groups in total. The number of alkyl halides is 1. The van der Waals surface area contributed by atoms with Crippen LogP contribution in [0, 0.1) is 5.82 Å². The molecule has 218 valence electrons. The fourth-order valence-electron chi connectivity index (χ4n) is 7.60. The number of benzene rings is 1. The van der Waals surface area contributed by atoms with E-state index in [-0.39, 0.29) is 36.1 Å². The van der Waals surface area contributed by atoms with Crippen molar-refractivity contribution in [1.29, 1.82) is 0 Å². The third-order valence-electron chi connectivity index (χ3n) is 9.49. The lowest BCUT2D eigenvalue weighted by atomic mass is 9.74. The van der Waals surface area contributed by atoms with Crippen LogP contribution in [0.25, 0.3) is 0 Å². The molecule has 7 rings (SSSR count). The normalized spacial score (nSPS) is 29.9. The summed E-state index contributed by atoms with van der Waals surface area (Å²) in [5.41, 5.74) is 8.33. The maximum atomic E-state index is 15.5. The summed E-state index contributed by atoms with van der Waals surface area (Å²) in [6.07, 6.45) is 5.36. The van der Waals surface area contributed by atoms with Crippen LogP contribution in [0.5, 0.6) is 6.01 Å². The predicted octanol–water partition coefficient (Wildman–Crippen LogP) is 4.11. The molecular weight excluding hydrogens is 540 g/mol. The smallest absolute Gasteiger partial charge is 0.318 e. The van der Waals surface area contributed by atoms with Crippen LogP contribution >= 0.6 is 12.4 Å². The number of aromatic nitrogens is 2. The van der Waals surface area contributed by atoms with Crippen LogP contribution < -0.4 is 15.4 Å². The van der Waals surface area contributed by atoms with E-state index in [0.717, 1.165) is 67.8 Å². The predicted molar refractivity (Wildman–Crippen MR) is 149 cm³/mol. The Bertz CT molecular complexity index is 1260. The first-order chi connectivity index (χ1) is 19.0. The van der Waals surface area contributed by atoms with Crippen LogP contribution in [0.15, 0.2) is 12.1 Å². The molecule has 0 radical (unpaired) electrons. The molecule has 0 saturated carbocycles.